The highest BCUT2D eigenvalue weighted by atomic mass is 35.5. The van der Waals surface area contributed by atoms with E-state index in [4.69, 9.17) is 21.1 Å². The molecule has 0 saturated heterocycles. The van der Waals surface area contributed by atoms with Crippen molar-refractivity contribution in [3.05, 3.63) is 58.6 Å². The molecule has 0 bridgehead atoms. The van der Waals surface area contributed by atoms with Crippen LogP contribution in [0, 0.1) is 0 Å². The monoisotopic (exact) mass is 333 g/mol. The molecule has 0 fully saturated rings. The van der Waals surface area contributed by atoms with E-state index in [0.29, 0.717) is 28.6 Å². The molecule has 0 spiro atoms. The number of carbonyl (C=O) groups excluding carboxylic acids is 1. The summed E-state index contributed by atoms with van der Waals surface area (Å²) in [7, 11) is 3.23. The summed E-state index contributed by atoms with van der Waals surface area (Å²) in [5, 5.41) is 3.34. The van der Waals surface area contributed by atoms with E-state index >= 15 is 0 Å². The molecule has 0 aromatic heterocycles. The summed E-state index contributed by atoms with van der Waals surface area (Å²) in [6.45, 7) is 0.582. The van der Waals surface area contributed by atoms with E-state index in [-0.39, 0.29) is 5.91 Å². The van der Waals surface area contributed by atoms with E-state index in [9.17, 15) is 4.79 Å². The van der Waals surface area contributed by atoms with Gasteiger partial charge in [-0.3, -0.25) is 4.79 Å². The fourth-order valence-corrected chi connectivity index (χ4v) is 2.49. The minimum Gasteiger partial charge on any atom is -0.493 e. The van der Waals surface area contributed by atoms with Crippen LogP contribution in [0.2, 0.25) is 5.02 Å². The standard InChI is InChI=1S/C18H20ClNO3/c1-22-16-10-9-13(12-17(16)23-2)6-5-11-20-18(21)14-7-3-4-8-15(14)19/h3-4,7-10,12H,5-6,11H2,1-2H3,(H,20,21). The first kappa shape index (κ1) is 17.2. The molecular formula is C18H20ClNO3. The van der Waals surface area contributed by atoms with Gasteiger partial charge in [0.05, 0.1) is 24.8 Å². The number of benzene rings is 2. The first-order valence-electron chi connectivity index (χ1n) is 7.39. The predicted molar refractivity (Wildman–Crippen MR) is 91.7 cm³/mol. The molecule has 0 aliphatic carbocycles. The zero-order valence-electron chi connectivity index (χ0n) is 13.3. The predicted octanol–water partition coefficient (Wildman–Crippen LogP) is 3.72. The second-order valence-corrected chi connectivity index (χ2v) is 5.44. The topological polar surface area (TPSA) is 47.6 Å². The Balaban J connectivity index is 1.84. The van der Waals surface area contributed by atoms with Gasteiger partial charge in [-0.25, -0.2) is 0 Å². The number of ether oxygens (including phenoxy) is 2. The number of nitrogens with one attached hydrogen (secondary N) is 1. The number of hydrogen-bond donors (Lipinski definition) is 1. The van der Waals surface area contributed by atoms with E-state index in [1.165, 1.54) is 0 Å². The summed E-state index contributed by atoms with van der Waals surface area (Å²) in [6.07, 6.45) is 1.66. The van der Waals surface area contributed by atoms with Crippen molar-refractivity contribution in [2.75, 3.05) is 20.8 Å². The normalized spacial score (nSPS) is 10.2. The van der Waals surface area contributed by atoms with Gasteiger partial charge in [0.25, 0.3) is 5.91 Å². The molecule has 0 aliphatic rings. The third-order valence-electron chi connectivity index (χ3n) is 3.49. The third kappa shape index (κ3) is 4.63. The van der Waals surface area contributed by atoms with E-state index in [2.05, 4.69) is 5.32 Å². The summed E-state index contributed by atoms with van der Waals surface area (Å²) in [5.41, 5.74) is 1.63. The number of amides is 1. The van der Waals surface area contributed by atoms with Crippen molar-refractivity contribution >= 4 is 17.5 Å². The van der Waals surface area contributed by atoms with Gasteiger partial charge in [-0.2, -0.15) is 0 Å². The van der Waals surface area contributed by atoms with Gasteiger partial charge in [-0.1, -0.05) is 29.8 Å². The third-order valence-corrected chi connectivity index (χ3v) is 3.82. The number of hydrogen-bond acceptors (Lipinski definition) is 3. The van der Waals surface area contributed by atoms with Crippen LogP contribution in [0.4, 0.5) is 0 Å². The second-order valence-electron chi connectivity index (χ2n) is 5.03. The largest absolute Gasteiger partial charge is 0.493 e. The Morgan fingerprint density at radius 1 is 1.09 bits per heavy atom. The summed E-state index contributed by atoms with van der Waals surface area (Å²) in [6, 6.07) is 12.9. The van der Waals surface area contributed by atoms with Crippen molar-refractivity contribution in [1.82, 2.24) is 5.32 Å². The highest BCUT2D eigenvalue weighted by Gasteiger charge is 2.09. The molecule has 0 heterocycles. The van der Waals surface area contributed by atoms with Gasteiger partial charge in [0.15, 0.2) is 11.5 Å². The van der Waals surface area contributed by atoms with Gasteiger partial charge in [0.1, 0.15) is 0 Å². The van der Waals surface area contributed by atoms with Crippen LogP contribution in [-0.4, -0.2) is 26.7 Å². The molecule has 5 heteroatoms. The fraction of sp³-hybridized carbons (Fsp3) is 0.278. The van der Waals surface area contributed by atoms with Crippen LogP contribution in [0.25, 0.3) is 0 Å². The number of halogens is 1. The van der Waals surface area contributed by atoms with E-state index in [1.807, 2.05) is 18.2 Å². The summed E-state index contributed by atoms with van der Waals surface area (Å²) in [4.78, 5) is 12.0. The molecule has 1 amide bonds. The van der Waals surface area contributed by atoms with Gasteiger partial charge in [0, 0.05) is 6.54 Å². The molecule has 2 aromatic rings. The minimum atomic E-state index is -0.150. The Hall–Kier alpha value is -2.20. The highest BCUT2D eigenvalue weighted by Crippen LogP contribution is 2.27. The van der Waals surface area contributed by atoms with Gasteiger partial charge < -0.3 is 14.8 Å². The quantitative estimate of drug-likeness (QED) is 0.785. The Labute approximate surface area is 141 Å². The lowest BCUT2D eigenvalue weighted by atomic mass is 10.1. The maximum Gasteiger partial charge on any atom is 0.252 e. The van der Waals surface area contributed by atoms with Gasteiger partial charge in [-0.05, 0) is 42.7 Å². The molecule has 122 valence electrons. The molecule has 0 atom stereocenters. The van der Waals surface area contributed by atoms with E-state index in [0.717, 1.165) is 18.4 Å². The van der Waals surface area contributed by atoms with Crippen molar-refractivity contribution in [3.8, 4) is 11.5 Å². The Bertz CT molecular complexity index is 673. The van der Waals surface area contributed by atoms with Crippen molar-refractivity contribution in [2.45, 2.75) is 12.8 Å². The SMILES string of the molecule is COc1ccc(CCCNC(=O)c2ccccc2Cl)cc1OC. The second kappa shape index (κ2) is 8.44. The fourth-order valence-electron chi connectivity index (χ4n) is 2.27. The maximum absolute atomic E-state index is 12.0. The zero-order chi connectivity index (χ0) is 16.7. The summed E-state index contributed by atoms with van der Waals surface area (Å²) < 4.78 is 10.5. The summed E-state index contributed by atoms with van der Waals surface area (Å²) >= 11 is 6.00. The van der Waals surface area contributed by atoms with Gasteiger partial charge in [-0.15, -0.1) is 0 Å². The van der Waals surface area contributed by atoms with E-state index < -0.39 is 0 Å². The number of rotatable bonds is 7. The Morgan fingerprint density at radius 3 is 2.52 bits per heavy atom. The van der Waals surface area contributed by atoms with Crippen molar-refractivity contribution < 1.29 is 14.3 Å². The minimum absolute atomic E-state index is 0.150. The van der Waals surface area contributed by atoms with Crippen LogP contribution in [0.3, 0.4) is 0 Å². The first-order chi connectivity index (χ1) is 11.2. The van der Waals surface area contributed by atoms with Crippen LogP contribution >= 0.6 is 11.6 Å². The average Bonchev–Trinajstić information content (AvgIpc) is 2.58. The molecule has 1 N–H and O–H groups in total. The van der Waals surface area contributed by atoms with Gasteiger partial charge in [0.2, 0.25) is 0 Å². The molecular weight excluding hydrogens is 314 g/mol. The molecule has 2 aromatic carbocycles. The van der Waals surface area contributed by atoms with Crippen molar-refractivity contribution in [1.29, 1.82) is 0 Å². The van der Waals surface area contributed by atoms with Crippen molar-refractivity contribution in [2.24, 2.45) is 0 Å². The van der Waals surface area contributed by atoms with Crippen LogP contribution < -0.4 is 14.8 Å². The Morgan fingerprint density at radius 2 is 1.83 bits per heavy atom. The maximum atomic E-state index is 12.0. The molecule has 23 heavy (non-hydrogen) atoms. The molecule has 0 radical (unpaired) electrons. The smallest absolute Gasteiger partial charge is 0.252 e. The van der Waals surface area contributed by atoms with E-state index in [1.54, 1.807) is 38.5 Å². The van der Waals surface area contributed by atoms with Crippen LogP contribution in [0.5, 0.6) is 11.5 Å². The van der Waals surface area contributed by atoms with Gasteiger partial charge >= 0.3 is 0 Å². The lowest BCUT2D eigenvalue weighted by Crippen LogP contribution is -2.25. The number of aryl methyl sites for hydroxylation is 1. The summed E-state index contributed by atoms with van der Waals surface area (Å²) in [5.74, 6) is 1.27. The average molecular weight is 334 g/mol. The molecule has 4 nitrogen and oxygen atoms in total. The van der Waals surface area contributed by atoms with Crippen LogP contribution in [0.15, 0.2) is 42.5 Å². The number of methoxy groups -OCH3 is 2. The first-order valence-corrected chi connectivity index (χ1v) is 7.77. The lowest BCUT2D eigenvalue weighted by Gasteiger charge is -2.10. The zero-order valence-corrected chi connectivity index (χ0v) is 14.0. The van der Waals surface area contributed by atoms with Crippen molar-refractivity contribution in [3.63, 3.8) is 0 Å². The number of carbonyl (C=O) groups is 1. The van der Waals surface area contributed by atoms with Crippen LogP contribution in [0.1, 0.15) is 22.3 Å². The Kier molecular flexibility index (Phi) is 6.29. The highest BCUT2D eigenvalue weighted by molar-refractivity contribution is 6.33. The lowest BCUT2D eigenvalue weighted by molar-refractivity contribution is 0.0953. The molecule has 0 unspecified atom stereocenters. The molecule has 0 saturated carbocycles. The molecule has 2 rings (SSSR count). The molecule has 0 aliphatic heterocycles. The van der Waals surface area contributed by atoms with Crippen LogP contribution in [-0.2, 0) is 6.42 Å².